The summed E-state index contributed by atoms with van der Waals surface area (Å²) in [6.45, 7) is 6.11. The maximum Gasteiger partial charge on any atom is 0.123 e. The molecular formula is C24H24Br2O2. The molecule has 2 nitrogen and oxygen atoms in total. The highest BCUT2D eigenvalue weighted by Crippen LogP contribution is 2.44. The maximum atomic E-state index is 11.0. The van der Waals surface area contributed by atoms with E-state index >= 15 is 0 Å². The van der Waals surface area contributed by atoms with Crippen LogP contribution in [0.5, 0.6) is 11.5 Å². The van der Waals surface area contributed by atoms with E-state index in [0.717, 1.165) is 38.9 Å². The Balaban J connectivity index is 2.34. The lowest BCUT2D eigenvalue weighted by molar-refractivity contribution is 0.453. The van der Waals surface area contributed by atoms with Crippen molar-refractivity contribution in [2.75, 3.05) is 0 Å². The molecule has 0 aliphatic carbocycles. The van der Waals surface area contributed by atoms with Crippen LogP contribution in [-0.4, -0.2) is 10.2 Å². The van der Waals surface area contributed by atoms with Gasteiger partial charge in [-0.1, -0.05) is 97.1 Å². The SMILES string of the molecule is Cc1ccc(C(c2cc(C)cc(CBr)c2O)c2cc(C)cc(CBr)c2O)cc1. The Labute approximate surface area is 183 Å². The number of rotatable bonds is 5. The van der Waals surface area contributed by atoms with Crippen molar-refractivity contribution in [3.63, 3.8) is 0 Å². The highest BCUT2D eigenvalue weighted by Gasteiger charge is 2.26. The lowest BCUT2D eigenvalue weighted by Crippen LogP contribution is -2.07. The molecule has 0 spiro atoms. The lowest BCUT2D eigenvalue weighted by atomic mass is 9.81. The number of benzene rings is 3. The summed E-state index contributed by atoms with van der Waals surface area (Å²) in [4.78, 5) is 0. The van der Waals surface area contributed by atoms with Gasteiger partial charge in [-0.3, -0.25) is 0 Å². The number of aromatic hydroxyl groups is 2. The summed E-state index contributed by atoms with van der Waals surface area (Å²) >= 11 is 6.96. The second-order valence-corrected chi connectivity index (χ2v) is 8.46. The summed E-state index contributed by atoms with van der Waals surface area (Å²) in [7, 11) is 0. The number of alkyl halides is 2. The van der Waals surface area contributed by atoms with Gasteiger partial charge in [-0.25, -0.2) is 0 Å². The van der Waals surface area contributed by atoms with Crippen LogP contribution in [0.25, 0.3) is 0 Å². The summed E-state index contributed by atoms with van der Waals surface area (Å²) in [6, 6.07) is 16.3. The Morgan fingerprint density at radius 3 is 1.50 bits per heavy atom. The number of phenols is 2. The molecule has 0 unspecified atom stereocenters. The van der Waals surface area contributed by atoms with Gasteiger partial charge in [-0.15, -0.1) is 0 Å². The summed E-state index contributed by atoms with van der Waals surface area (Å²) in [5, 5.41) is 23.2. The molecule has 3 rings (SSSR count). The monoisotopic (exact) mass is 502 g/mol. The first kappa shape index (κ1) is 20.9. The Morgan fingerprint density at radius 2 is 1.11 bits per heavy atom. The van der Waals surface area contributed by atoms with Gasteiger partial charge in [0.25, 0.3) is 0 Å². The van der Waals surface area contributed by atoms with Gasteiger partial charge in [0.2, 0.25) is 0 Å². The lowest BCUT2D eigenvalue weighted by Gasteiger charge is -2.24. The molecule has 0 heterocycles. The van der Waals surface area contributed by atoms with Crippen LogP contribution in [-0.2, 0) is 10.7 Å². The van der Waals surface area contributed by atoms with Crippen LogP contribution in [0.15, 0.2) is 48.5 Å². The van der Waals surface area contributed by atoms with Crippen LogP contribution in [0.1, 0.15) is 50.4 Å². The summed E-state index contributed by atoms with van der Waals surface area (Å²) in [6.07, 6.45) is 0. The molecule has 3 aromatic carbocycles. The Kier molecular flexibility index (Phi) is 6.51. The Hall–Kier alpha value is -1.78. The van der Waals surface area contributed by atoms with E-state index in [1.54, 1.807) is 0 Å². The van der Waals surface area contributed by atoms with Gasteiger partial charge in [-0.2, -0.15) is 0 Å². The molecular weight excluding hydrogens is 480 g/mol. The number of hydrogen-bond donors (Lipinski definition) is 2. The molecule has 3 aromatic rings. The van der Waals surface area contributed by atoms with Crippen LogP contribution in [0, 0.1) is 20.8 Å². The van der Waals surface area contributed by atoms with Crippen molar-refractivity contribution >= 4 is 31.9 Å². The van der Waals surface area contributed by atoms with Crippen molar-refractivity contribution < 1.29 is 10.2 Å². The zero-order chi connectivity index (χ0) is 20.4. The quantitative estimate of drug-likeness (QED) is 0.291. The van der Waals surface area contributed by atoms with E-state index in [2.05, 4.69) is 63.0 Å². The molecule has 0 aromatic heterocycles. The van der Waals surface area contributed by atoms with Crippen LogP contribution in [0.2, 0.25) is 0 Å². The number of phenolic OH excluding ortho intramolecular Hbond substituents is 2. The zero-order valence-electron chi connectivity index (χ0n) is 16.3. The highest BCUT2D eigenvalue weighted by molar-refractivity contribution is 9.08. The molecule has 4 heteroatoms. The minimum atomic E-state index is -0.268. The fourth-order valence-corrected chi connectivity index (χ4v) is 4.55. The highest BCUT2D eigenvalue weighted by atomic mass is 79.9. The van der Waals surface area contributed by atoms with Gasteiger partial charge in [-0.05, 0) is 26.3 Å². The van der Waals surface area contributed by atoms with Gasteiger partial charge in [0.1, 0.15) is 11.5 Å². The van der Waals surface area contributed by atoms with Crippen molar-refractivity contribution in [2.45, 2.75) is 37.3 Å². The average Bonchev–Trinajstić information content (AvgIpc) is 2.68. The van der Waals surface area contributed by atoms with Crippen molar-refractivity contribution in [3.05, 3.63) is 93.0 Å². The summed E-state index contributed by atoms with van der Waals surface area (Å²) in [5.74, 6) is 0.277. The second kappa shape index (κ2) is 8.71. The van der Waals surface area contributed by atoms with Gasteiger partial charge in [0.05, 0.1) is 0 Å². The molecule has 0 aliphatic rings. The van der Waals surface area contributed by atoms with Crippen molar-refractivity contribution in [3.8, 4) is 11.5 Å². The summed E-state index contributed by atoms with van der Waals surface area (Å²) in [5.41, 5.74) is 7.67. The molecule has 146 valence electrons. The third-order valence-electron chi connectivity index (χ3n) is 5.05. The van der Waals surface area contributed by atoms with Crippen LogP contribution in [0.3, 0.4) is 0 Å². The number of halogens is 2. The molecule has 0 saturated carbocycles. The normalized spacial score (nSPS) is 11.2. The standard InChI is InChI=1S/C24H24Br2O2/c1-14-4-6-17(7-5-14)22(20-10-15(2)8-18(12-25)23(20)27)21-11-16(3)9-19(13-26)24(21)28/h4-11,22,27-28H,12-13H2,1-3H3. The van der Waals surface area contributed by atoms with Crippen molar-refractivity contribution in [1.82, 2.24) is 0 Å². The van der Waals surface area contributed by atoms with Crippen molar-refractivity contribution in [1.29, 1.82) is 0 Å². The third-order valence-corrected chi connectivity index (χ3v) is 6.25. The topological polar surface area (TPSA) is 40.5 Å². The number of aryl methyl sites for hydroxylation is 3. The van der Waals surface area contributed by atoms with Gasteiger partial charge >= 0.3 is 0 Å². The molecule has 0 saturated heterocycles. The predicted octanol–water partition coefficient (Wildman–Crippen LogP) is 6.99. The Morgan fingerprint density at radius 1 is 0.679 bits per heavy atom. The average molecular weight is 504 g/mol. The molecule has 0 aliphatic heterocycles. The van der Waals surface area contributed by atoms with E-state index in [1.807, 2.05) is 38.1 Å². The first-order valence-corrected chi connectivity index (χ1v) is 11.4. The van der Waals surface area contributed by atoms with Gasteiger partial charge < -0.3 is 10.2 Å². The van der Waals surface area contributed by atoms with Crippen molar-refractivity contribution in [2.24, 2.45) is 0 Å². The second-order valence-electron chi connectivity index (χ2n) is 7.33. The van der Waals surface area contributed by atoms with E-state index in [4.69, 9.17) is 0 Å². The van der Waals surface area contributed by atoms with E-state index in [-0.39, 0.29) is 17.4 Å². The fraction of sp³-hybridized carbons (Fsp3) is 0.250. The zero-order valence-corrected chi connectivity index (χ0v) is 19.4. The molecule has 0 amide bonds. The molecule has 2 N–H and O–H groups in total. The molecule has 0 bridgehead atoms. The third kappa shape index (κ3) is 4.13. The number of hydrogen-bond acceptors (Lipinski definition) is 2. The molecule has 0 atom stereocenters. The molecule has 0 radical (unpaired) electrons. The minimum Gasteiger partial charge on any atom is -0.507 e. The first-order valence-electron chi connectivity index (χ1n) is 9.19. The van der Waals surface area contributed by atoms with Crippen LogP contribution >= 0.6 is 31.9 Å². The summed E-state index contributed by atoms with van der Waals surface area (Å²) < 4.78 is 0. The molecule has 28 heavy (non-hydrogen) atoms. The van der Waals surface area contributed by atoms with E-state index in [1.165, 1.54) is 5.56 Å². The smallest absolute Gasteiger partial charge is 0.123 e. The largest absolute Gasteiger partial charge is 0.507 e. The predicted molar refractivity (Wildman–Crippen MR) is 123 cm³/mol. The van der Waals surface area contributed by atoms with Gasteiger partial charge in [0.15, 0.2) is 0 Å². The van der Waals surface area contributed by atoms with Crippen LogP contribution < -0.4 is 0 Å². The first-order chi connectivity index (χ1) is 13.3. The fourth-order valence-electron chi connectivity index (χ4n) is 3.70. The molecule has 0 fully saturated rings. The van der Waals surface area contributed by atoms with E-state index in [0.29, 0.717) is 10.7 Å². The minimum absolute atomic E-state index is 0.268. The van der Waals surface area contributed by atoms with E-state index in [9.17, 15) is 10.2 Å². The van der Waals surface area contributed by atoms with Gasteiger partial charge in [0, 0.05) is 38.8 Å². The maximum absolute atomic E-state index is 11.0. The Bertz CT molecular complexity index is 935. The van der Waals surface area contributed by atoms with Crippen LogP contribution in [0.4, 0.5) is 0 Å². The van der Waals surface area contributed by atoms with E-state index < -0.39 is 0 Å².